The Morgan fingerprint density at radius 3 is 2.53 bits per heavy atom. The lowest BCUT2D eigenvalue weighted by molar-refractivity contribution is 0.425. The number of aromatic hydroxyl groups is 1. The predicted molar refractivity (Wildman–Crippen MR) is 78.0 cm³/mol. The Hall–Kier alpha value is -1.77. The van der Waals surface area contributed by atoms with Crippen molar-refractivity contribution in [1.82, 2.24) is 9.78 Å². The lowest BCUT2D eigenvalue weighted by Gasteiger charge is -2.08. The SMILES string of the molecule is CCCc1nn(-c2ccccc2C)c(O)c1C(C)C. The van der Waals surface area contributed by atoms with Crippen molar-refractivity contribution in [3.63, 3.8) is 0 Å². The highest BCUT2D eigenvalue weighted by atomic mass is 16.3. The number of benzene rings is 1. The van der Waals surface area contributed by atoms with Gasteiger partial charge in [-0.25, -0.2) is 4.68 Å². The number of para-hydroxylation sites is 1. The van der Waals surface area contributed by atoms with Crippen LogP contribution in [0.5, 0.6) is 5.88 Å². The molecule has 3 nitrogen and oxygen atoms in total. The van der Waals surface area contributed by atoms with E-state index in [9.17, 15) is 5.11 Å². The summed E-state index contributed by atoms with van der Waals surface area (Å²) in [7, 11) is 0. The van der Waals surface area contributed by atoms with E-state index in [0.29, 0.717) is 0 Å². The van der Waals surface area contributed by atoms with Crippen LogP contribution >= 0.6 is 0 Å². The van der Waals surface area contributed by atoms with Gasteiger partial charge in [0, 0.05) is 5.56 Å². The molecule has 0 atom stereocenters. The van der Waals surface area contributed by atoms with Crippen molar-refractivity contribution < 1.29 is 5.11 Å². The van der Waals surface area contributed by atoms with Crippen LogP contribution in [0.15, 0.2) is 24.3 Å². The smallest absolute Gasteiger partial charge is 0.217 e. The van der Waals surface area contributed by atoms with Crippen molar-refractivity contribution in [2.75, 3.05) is 0 Å². The van der Waals surface area contributed by atoms with Crippen molar-refractivity contribution in [1.29, 1.82) is 0 Å². The summed E-state index contributed by atoms with van der Waals surface area (Å²) in [5.41, 5.74) is 4.05. The van der Waals surface area contributed by atoms with Crippen LogP contribution in [0.25, 0.3) is 5.69 Å². The molecule has 19 heavy (non-hydrogen) atoms. The van der Waals surface area contributed by atoms with Crippen molar-refractivity contribution in [2.24, 2.45) is 0 Å². The van der Waals surface area contributed by atoms with Crippen LogP contribution in [0.2, 0.25) is 0 Å². The average Bonchev–Trinajstić information content (AvgIpc) is 2.67. The summed E-state index contributed by atoms with van der Waals surface area (Å²) >= 11 is 0. The molecule has 0 aliphatic heterocycles. The standard InChI is InChI=1S/C16H22N2O/c1-5-8-13-15(11(2)3)16(19)18(17-13)14-10-7-6-9-12(14)4/h6-7,9-11,19H,5,8H2,1-4H3. The maximum Gasteiger partial charge on any atom is 0.217 e. The summed E-state index contributed by atoms with van der Waals surface area (Å²) < 4.78 is 1.68. The molecule has 3 heteroatoms. The minimum Gasteiger partial charge on any atom is -0.493 e. The minimum absolute atomic E-state index is 0.277. The Bertz CT molecular complexity index is 570. The van der Waals surface area contributed by atoms with Crippen molar-refractivity contribution in [2.45, 2.75) is 46.5 Å². The van der Waals surface area contributed by atoms with Crippen LogP contribution in [-0.2, 0) is 6.42 Å². The largest absolute Gasteiger partial charge is 0.493 e. The molecule has 0 spiro atoms. The molecule has 2 rings (SSSR count). The normalized spacial score (nSPS) is 11.2. The van der Waals surface area contributed by atoms with E-state index in [1.54, 1.807) is 4.68 Å². The van der Waals surface area contributed by atoms with Crippen LogP contribution in [0.3, 0.4) is 0 Å². The lowest BCUT2D eigenvalue weighted by atomic mass is 10.0. The predicted octanol–water partition coefficient (Wildman–Crippen LogP) is 3.96. The molecule has 1 heterocycles. The van der Waals surface area contributed by atoms with E-state index in [-0.39, 0.29) is 11.8 Å². The Kier molecular flexibility index (Phi) is 3.93. The Balaban J connectivity index is 2.59. The first-order valence-electron chi connectivity index (χ1n) is 6.93. The molecule has 0 amide bonds. The third kappa shape index (κ3) is 2.50. The number of rotatable bonds is 4. The number of aromatic nitrogens is 2. The topological polar surface area (TPSA) is 38.0 Å². The highest BCUT2D eigenvalue weighted by Gasteiger charge is 2.20. The second-order valence-corrected chi connectivity index (χ2v) is 5.29. The maximum atomic E-state index is 10.5. The van der Waals surface area contributed by atoms with Gasteiger partial charge in [0.2, 0.25) is 5.88 Å². The van der Waals surface area contributed by atoms with Gasteiger partial charge >= 0.3 is 0 Å². The van der Waals surface area contributed by atoms with Crippen LogP contribution in [0.1, 0.15) is 49.9 Å². The van der Waals surface area contributed by atoms with Crippen molar-refractivity contribution in [3.8, 4) is 11.6 Å². The highest BCUT2D eigenvalue weighted by molar-refractivity contribution is 5.46. The molecular formula is C16H22N2O. The average molecular weight is 258 g/mol. The number of nitrogens with zero attached hydrogens (tertiary/aromatic N) is 2. The third-order valence-electron chi connectivity index (χ3n) is 3.38. The molecule has 1 aromatic carbocycles. The molecule has 0 aliphatic carbocycles. The zero-order chi connectivity index (χ0) is 14.0. The van der Waals surface area contributed by atoms with Crippen LogP contribution in [-0.4, -0.2) is 14.9 Å². The zero-order valence-electron chi connectivity index (χ0n) is 12.1. The van der Waals surface area contributed by atoms with E-state index in [2.05, 4.69) is 25.9 Å². The lowest BCUT2D eigenvalue weighted by Crippen LogP contribution is -1.99. The molecule has 102 valence electrons. The first kappa shape index (κ1) is 13.7. The van der Waals surface area contributed by atoms with Gasteiger partial charge in [0.05, 0.1) is 11.4 Å². The summed E-state index contributed by atoms with van der Waals surface area (Å²) in [6, 6.07) is 7.99. The molecule has 0 saturated carbocycles. The Labute approximate surface area is 114 Å². The zero-order valence-corrected chi connectivity index (χ0v) is 12.1. The molecule has 1 N–H and O–H groups in total. The van der Waals surface area contributed by atoms with Gasteiger partial charge in [-0.2, -0.15) is 5.10 Å². The number of hydrogen-bond acceptors (Lipinski definition) is 2. The molecule has 0 unspecified atom stereocenters. The van der Waals surface area contributed by atoms with E-state index < -0.39 is 0 Å². The van der Waals surface area contributed by atoms with Gasteiger partial charge in [-0.3, -0.25) is 0 Å². The van der Waals surface area contributed by atoms with Gasteiger partial charge in [-0.15, -0.1) is 0 Å². The van der Waals surface area contributed by atoms with E-state index in [4.69, 9.17) is 0 Å². The fourth-order valence-electron chi connectivity index (χ4n) is 2.45. The molecular weight excluding hydrogens is 236 g/mol. The Morgan fingerprint density at radius 1 is 1.26 bits per heavy atom. The molecule has 0 aliphatic rings. The summed E-state index contributed by atoms with van der Waals surface area (Å²) in [5.74, 6) is 0.562. The quantitative estimate of drug-likeness (QED) is 0.901. The minimum atomic E-state index is 0.277. The van der Waals surface area contributed by atoms with Crippen molar-refractivity contribution >= 4 is 0 Å². The first-order chi connectivity index (χ1) is 9.06. The van der Waals surface area contributed by atoms with Gasteiger partial charge in [-0.1, -0.05) is 45.4 Å². The third-order valence-corrected chi connectivity index (χ3v) is 3.38. The van der Waals surface area contributed by atoms with Gasteiger partial charge < -0.3 is 5.11 Å². The van der Waals surface area contributed by atoms with E-state index in [1.165, 1.54) is 0 Å². The van der Waals surface area contributed by atoms with Crippen LogP contribution in [0, 0.1) is 6.92 Å². The molecule has 0 bridgehead atoms. The molecule has 0 saturated heterocycles. The number of hydrogen-bond donors (Lipinski definition) is 1. The van der Waals surface area contributed by atoms with Crippen molar-refractivity contribution in [3.05, 3.63) is 41.1 Å². The first-order valence-corrected chi connectivity index (χ1v) is 6.93. The summed E-state index contributed by atoms with van der Waals surface area (Å²) in [6.07, 6.45) is 1.93. The monoisotopic (exact) mass is 258 g/mol. The van der Waals surface area contributed by atoms with E-state index in [1.807, 2.05) is 31.2 Å². The maximum absolute atomic E-state index is 10.5. The molecule has 2 aromatic rings. The Morgan fingerprint density at radius 2 is 1.95 bits per heavy atom. The second kappa shape index (κ2) is 5.47. The van der Waals surface area contributed by atoms with Gasteiger partial charge in [0.1, 0.15) is 0 Å². The molecule has 0 fully saturated rings. The van der Waals surface area contributed by atoms with Crippen LogP contribution < -0.4 is 0 Å². The summed E-state index contributed by atoms with van der Waals surface area (Å²) in [6.45, 7) is 8.36. The summed E-state index contributed by atoms with van der Waals surface area (Å²) in [4.78, 5) is 0. The molecule has 1 aromatic heterocycles. The van der Waals surface area contributed by atoms with E-state index >= 15 is 0 Å². The summed E-state index contributed by atoms with van der Waals surface area (Å²) in [5, 5.41) is 15.1. The van der Waals surface area contributed by atoms with Crippen LogP contribution in [0.4, 0.5) is 0 Å². The van der Waals surface area contributed by atoms with Gasteiger partial charge in [0.15, 0.2) is 0 Å². The fraction of sp³-hybridized carbons (Fsp3) is 0.438. The van der Waals surface area contributed by atoms with Gasteiger partial charge in [0.25, 0.3) is 0 Å². The fourth-order valence-corrected chi connectivity index (χ4v) is 2.45. The highest BCUT2D eigenvalue weighted by Crippen LogP contribution is 2.32. The van der Waals surface area contributed by atoms with E-state index in [0.717, 1.165) is 35.3 Å². The van der Waals surface area contributed by atoms with Gasteiger partial charge in [-0.05, 0) is 30.9 Å². The number of aryl methyl sites for hydroxylation is 2. The molecule has 0 radical (unpaired) electrons. The second-order valence-electron chi connectivity index (χ2n) is 5.29.